The van der Waals surface area contributed by atoms with Crippen molar-refractivity contribution in [3.8, 4) is 5.75 Å². The highest BCUT2D eigenvalue weighted by molar-refractivity contribution is 5.41. The first-order chi connectivity index (χ1) is 8.81. The topological polar surface area (TPSA) is 43.8 Å². The number of methoxy groups -OCH3 is 1. The molecule has 0 bridgehead atoms. The minimum Gasteiger partial charge on any atom is -0.495 e. The molecular formula is C13H18N2O3. The maximum absolute atomic E-state index is 5.71. The van der Waals surface area contributed by atoms with Gasteiger partial charge in [0.1, 0.15) is 11.6 Å². The highest BCUT2D eigenvalue weighted by atomic mass is 16.7. The van der Waals surface area contributed by atoms with Gasteiger partial charge in [-0.2, -0.15) is 0 Å². The Balaban J connectivity index is 1.64. The number of hydrogen-bond donors (Lipinski definition) is 0. The highest BCUT2D eigenvalue weighted by Gasteiger charge is 2.39. The van der Waals surface area contributed by atoms with E-state index in [2.05, 4.69) is 9.88 Å². The molecule has 1 aromatic rings. The van der Waals surface area contributed by atoms with E-state index in [4.69, 9.17) is 14.2 Å². The van der Waals surface area contributed by atoms with Crippen molar-refractivity contribution in [1.82, 2.24) is 4.98 Å². The average Bonchev–Trinajstić information content (AvgIpc) is 2.88. The molecule has 2 aliphatic rings. The van der Waals surface area contributed by atoms with Gasteiger partial charge in [0.15, 0.2) is 5.79 Å². The van der Waals surface area contributed by atoms with E-state index in [0.29, 0.717) is 0 Å². The van der Waals surface area contributed by atoms with Crippen LogP contribution >= 0.6 is 0 Å². The maximum atomic E-state index is 5.71. The molecule has 2 fully saturated rings. The molecule has 18 heavy (non-hydrogen) atoms. The van der Waals surface area contributed by atoms with E-state index in [0.717, 1.165) is 50.7 Å². The number of rotatable bonds is 2. The van der Waals surface area contributed by atoms with E-state index in [1.54, 1.807) is 13.3 Å². The second-order valence-corrected chi connectivity index (χ2v) is 4.65. The molecule has 0 radical (unpaired) electrons. The second kappa shape index (κ2) is 4.74. The highest BCUT2D eigenvalue weighted by Crippen LogP contribution is 2.32. The zero-order valence-corrected chi connectivity index (χ0v) is 10.6. The van der Waals surface area contributed by atoms with Crippen molar-refractivity contribution in [2.45, 2.75) is 18.6 Å². The molecule has 0 saturated carbocycles. The Bertz CT molecular complexity index is 391. The van der Waals surface area contributed by atoms with Crippen LogP contribution in [0.5, 0.6) is 5.75 Å². The Morgan fingerprint density at radius 2 is 1.94 bits per heavy atom. The van der Waals surface area contributed by atoms with E-state index < -0.39 is 0 Å². The standard InChI is InChI=1S/C13H18N2O3/c1-16-11-2-3-12(14-10-11)15-6-4-13(5-7-15)17-8-9-18-13/h2-3,10H,4-9H2,1H3. The molecule has 3 heterocycles. The van der Waals surface area contributed by atoms with Gasteiger partial charge in [-0.3, -0.25) is 0 Å². The second-order valence-electron chi connectivity index (χ2n) is 4.65. The van der Waals surface area contributed by atoms with Crippen LogP contribution in [0.25, 0.3) is 0 Å². The van der Waals surface area contributed by atoms with Gasteiger partial charge >= 0.3 is 0 Å². The Labute approximate surface area is 107 Å². The summed E-state index contributed by atoms with van der Waals surface area (Å²) in [6, 6.07) is 3.93. The quantitative estimate of drug-likeness (QED) is 0.794. The van der Waals surface area contributed by atoms with E-state index in [9.17, 15) is 0 Å². The molecule has 0 atom stereocenters. The number of ether oxygens (including phenoxy) is 3. The third kappa shape index (κ3) is 2.15. The van der Waals surface area contributed by atoms with Crippen molar-refractivity contribution in [2.24, 2.45) is 0 Å². The smallest absolute Gasteiger partial charge is 0.171 e. The molecule has 98 valence electrons. The van der Waals surface area contributed by atoms with Crippen LogP contribution in [0.3, 0.4) is 0 Å². The molecule has 2 saturated heterocycles. The van der Waals surface area contributed by atoms with Gasteiger partial charge in [-0.05, 0) is 12.1 Å². The van der Waals surface area contributed by atoms with Gasteiger partial charge in [0.05, 0.1) is 26.5 Å². The molecule has 2 aliphatic heterocycles. The lowest BCUT2D eigenvalue weighted by Gasteiger charge is -2.38. The lowest BCUT2D eigenvalue weighted by atomic mass is 10.0. The van der Waals surface area contributed by atoms with Gasteiger partial charge in [-0.25, -0.2) is 4.98 Å². The lowest BCUT2D eigenvalue weighted by molar-refractivity contribution is -0.169. The summed E-state index contributed by atoms with van der Waals surface area (Å²) in [6.07, 6.45) is 3.56. The van der Waals surface area contributed by atoms with Crippen LogP contribution < -0.4 is 9.64 Å². The molecular weight excluding hydrogens is 232 g/mol. The number of aromatic nitrogens is 1. The van der Waals surface area contributed by atoms with Crippen LogP contribution in [-0.2, 0) is 9.47 Å². The van der Waals surface area contributed by atoms with E-state index >= 15 is 0 Å². The van der Waals surface area contributed by atoms with Gasteiger partial charge in [0, 0.05) is 25.9 Å². The van der Waals surface area contributed by atoms with Gasteiger partial charge in [0.25, 0.3) is 0 Å². The third-order valence-electron chi connectivity index (χ3n) is 3.62. The molecule has 0 N–H and O–H groups in total. The summed E-state index contributed by atoms with van der Waals surface area (Å²) in [5.74, 6) is 1.46. The molecule has 0 aliphatic carbocycles. The maximum Gasteiger partial charge on any atom is 0.171 e. The molecule has 0 aromatic carbocycles. The van der Waals surface area contributed by atoms with Crippen molar-refractivity contribution in [3.63, 3.8) is 0 Å². The summed E-state index contributed by atoms with van der Waals surface area (Å²) in [7, 11) is 1.65. The van der Waals surface area contributed by atoms with Crippen LogP contribution in [0.1, 0.15) is 12.8 Å². The van der Waals surface area contributed by atoms with Crippen molar-refractivity contribution in [1.29, 1.82) is 0 Å². The fourth-order valence-electron chi connectivity index (χ4n) is 2.54. The monoisotopic (exact) mass is 250 g/mol. The van der Waals surface area contributed by atoms with Gasteiger partial charge in [-0.1, -0.05) is 0 Å². The summed E-state index contributed by atoms with van der Waals surface area (Å²) in [5, 5.41) is 0. The van der Waals surface area contributed by atoms with Crippen LogP contribution in [0.4, 0.5) is 5.82 Å². The number of piperidine rings is 1. The minimum absolute atomic E-state index is 0.316. The SMILES string of the molecule is COc1ccc(N2CCC3(CC2)OCCO3)nc1. The number of hydrogen-bond acceptors (Lipinski definition) is 5. The molecule has 0 unspecified atom stereocenters. The van der Waals surface area contributed by atoms with Crippen molar-refractivity contribution in [2.75, 3.05) is 38.3 Å². The Morgan fingerprint density at radius 1 is 1.22 bits per heavy atom. The van der Waals surface area contributed by atoms with Crippen LogP contribution in [0.15, 0.2) is 18.3 Å². The minimum atomic E-state index is -0.316. The lowest BCUT2D eigenvalue weighted by Crippen LogP contribution is -2.45. The number of anilines is 1. The first-order valence-electron chi connectivity index (χ1n) is 6.34. The predicted molar refractivity (Wildman–Crippen MR) is 66.9 cm³/mol. The van der Waals surface area contributed by atoms with Crippen molar-refractivity contribution in [3.05, 3.63) is 18.3 Å². The molecule has 5 nitrogen and oxygen atoms in total. The van der Waals surface area contributed by atoms with Gasteiger partial charge in [-0.15, -0.1) is 0 Å². The first-order valence-corrected chi connectivity index (χ1v) is 6.34. The Morgan fingerprint density at radius 3 is 2.50 bits per heavy atom. The summed E-state index contributed by atoms with van der Waals surface area (Å²) < 4.78 is 16.5. The largest absolute Gasteiger partial charge is 0.495 e. The predicted octanol–water partition coefficient (Wildman–Crippen LogP) is 1.43. The van der Waals surface area contributed by atoms with Gasteiger partial charge < -0.3 is 19.1 Å². The fourth-order valence-corrected chi connectivity index (χ4v) is 2.54. The Hall–Kier alpha value is -1.33. The summed E-state index contributed by atoms with van der Waals surface area (Å²) in [6.45, 7) is 3.28. The summed E-state index contributed by atoms with van der Waals surface area (Å²) >= 11 is 0. The summed E-state index contributed by atoms with van der Waals surface area (Å²) in [5.41, 5.74) is 0. The van der Waals surface area contributed by atoms with E-state index in [1.165, 1.54) is 0 Å². The first kappa shape index (κ1) is 11.7. The van der Waals surface area contributed by atoms with Crippen LogP contribution in [-0.4, -0.2) is 44.2 Å². The van der Waals surface area contributed by atoms with Gasteiger partial charge in [0.2, 0.25) is 0 Å². The van der Waals surface area contributed by atoms with Crippen molar-refractivity contribution >= 4 is 5.82 Å². The summed E-state index contributed by atoms with van der Waals surface area (Å²) in [4.78, 5) is 6.67. The number of pyridine rings is 1. The zero-order valence-electron chi connectivity index (χ0n) is 10.6. The molecule has 3 rings (SSSR count). The van der Waals surface area contributed by atoms with E-state index in [-0.39, 0.29) is 5.79 Å². The van der Waals surface area contributed by atoms with Crippen LogP contribution in [0.2, 0.25) is 0 Å². The average molecular weight is 250 g/mol. The van der Waals surface area contributed by atoms with Crippen molar-refractivity contribution < 1.29 is 14.2 Å². The fraction of sp³-hybridized carbons (Fsp3) is 0.615. The molecule has 5 heteroatoms. The van der Waals surface area contributed by atoms with E-state index in [1.807, 2.05) is 12.1 Å². The third-order valence-corrected chi connectivity index (χ3v) is 3.62. The molecule has 0 amide bonds. The normalized spacial score (nSPS) is 22.4. The Kier molecular flexibility index (Phi) is 3.09. The zero-order chi connectivity index (χ0) is 12.4. The molecule has 1 aromatic heterocycles. The van der Waals surface area contributed by atoms with Crippen LogP contribution in [0, 0.1) is 0 Å². The molecule has 1 spiro atoms. The number of nitrogens with zero attached hydrogens (tertiary/aromatic N) is 2.